The molecule has 1 aromatic heterocycles. The molecule has 1 saturated heterocycles. The number of hydrogen-bond donors (Lipinski definition) is 0. The van der Waals surface area contributed by atoms with Gasteiger partial charge in [-0.05, 0) is 49.8 Å². The summed E-state index contributed by atoms with van der Waals surface area (Å²) in [6.07, 6.45) is 5.00. The van der Waals surface area contributed by atoms with Crippen molar-refractivity contribution in [1.29, 1.82) is 5.26 Å². The van der Waals surface area contributed by atoms with Gasteiger partial charge in [-0.15, -0.1) is 0 Å². The predicted octanol–water partition coefficient (Wildman–Crippen LogP) is 4.89. The SMILES string of the molecule is CC(C)C1(CC#N)CCN(Cc2ccc(C3=CCCC3)nc2F)CC1F. The second-order valence-electron chi connectivity index (χ2n) is 7.94. The number of allylic oxidation sites excluding steroid dienone is 2. The summed E-state index contributed by atoms with van der Waals surface area (Å²) in [4.78, 5) is 6.07. The van der Waals surface area contributed by atoms with Crippen LogP contribution in [0.3, 0.4) is 0 Å². The van der Waals surface area contributed by atoms with Crippen LogP contribution in [-0.4, -0.2) is 29.1 Å². The lowest BCUT2D eigenvalue weighted by Crippen LogP contribution is -2.51. The minimum Gasteiger partial charge on any atom is -0.296 e. The molecule has 3 nitrogen and oxygen atoms in total. The van der Waals surface area contributed by atoms with Crippen LogP contribution in [0.4, 0.5) is 8.78 Å². The largest absolute Gasteiger partial charge is 0.296 e. The van der Waals surface area contributed by atoms with E-state index in [0.717, 1.165) is 30.5 Å². The molecule has 0 spiro atoms. The van der Waals surface area contributed by atoms with Crippen molar-refractivity contribution in [3.63, 3.8) is 0 Å². The third kappa shape index (κ3) is 3.66. The van der Waals surface area contributed by atoms with E-state index in [0.29, 0.717) is 25.1 Å². The van der Waals surface area contributed by atoms with Crippen LogP contribution in [0.2, 0.25) is 0 Å². The maximum absolute atomic E-state index is 15.0. The zero-order valence-electron chi connectivity index (χ0n) is 15.6. The normalized spacial score (nSPS) is 26.8. The van der Waals surface area contributed by atoms with Crippen LogP contribution < -0.4 is 0 Å². The molecule has 2 aliphatic rings. The second-order valence-corrected chi connectivity index (χ2v) is 7.94. The molecule has 2 atom stereocenters. The van der Waals surface area contributed by atoms with Crippen LogP contribution >= 0.6 is 0 Å². The Morgan fingerprint density at radius 2 is 2.23 bits per heavy atom. The molecule has 1 aromatic rings. The number of pyridine rings is 1. The minimum absolute atomic E-state index is 0.108. The maximum atomic E-state index is 15.0. The van der Waals surface area contributed by atoms with Crippen molar-refractivity contribution in [3.05, 3.63) is 35.4 Å². The first-order valence-corrected chi connectivity index (χ1v) is 9.54. The number of alkyl halides is 1. The number of aromatic nitrogens is 1. The third-order valence-corrected chi connectivity index (χ3v) is 6.18. The van der Waals surface area contributed by atoms with Crippen molar-refractivity contribution in [2.75, 3.05) is 13.1 Å². The molecule has 2 heterocycles. The van der Waals surface area contributed by atoms with E-state index in [1.807, 2.05) is 24.8 Å². The smallest absolute Gasteiger partial charge is 0.217 e. The Morgan fingerprint density at radius 3 is 2.81 bits per heavy atom. The van der Waals surface area contributed by atoms with Crippen molar-refractivity contribution in [3.8, 4) is 6.07 Å². The molecule has 5 heteroatoms. The highest BCUT2D eigenvalue weighted by atomic mass is 19.1. The van der Waals surface area contributed by atoms with E-state index in [1.54, 1.807) is 6.07 Å². The average Bonchev–Trinajstić information content (AvgIpc) is 3.13. The van der Waals surface area contributed by atoms with E-state index in [4.69, 9.17) is 5.26 Å². The molecule has 140 valence electrons. The molecule has 3 rings (SSSR count). The fourth-order valence-corrected chi connectivity index (χ4v) is 4.27. The van der Waals surface area contributed by atoms with Gasteiger partial charge >= 0.3 is 0 Å². The Balaban J connectivity index is 1.68. The first-order valence-electron chi connectivity index (χ1n) is 9.54. The summed E-state index contributed by atoms with van der Waals surface area (Å²) in [5.74, 6) is -0.347. The highest BCUT2D eigenvalue weighted by molar-refractivity contribution is 5.64. The summed E-state index contributed by atoms with van der Waals surface area (Å²) in [6, 6.07) is 5.82. The van der Waals surface area contributed by atoms with Gasteiger partial charge in [-0.1, -0.05) is 26.0 Å². The lowest BCUT2D eigenvalue weighted by molar-refractivity contribution is -0.0256. The molecule has 1 aliphatic heterocycles. The topological polar surface area (TPSA) is 39.9 Å². The maximum Gasteiger partial charge on any atom is 0.217 e. The first kappa shape index (κ1) is 19.0. The van der Waals surface area contributed by atoms with Gasteiger partial charge in [-0.25, -0.2) is 9.37 Å². The van der Waals surface area contributed by atoms with Crippen LogP contribution in [0.25, 0.3) is 5.57 Å². The Bertz CT molecular complexity index is 722. The molecule has 0 amide bonds. The van der Waals surface area contributed by atoms with Crippen molar-refractivity contribution in [2.24, 2.45) is 11.3 Å². The van der Waals surface area contributed by atoms with Crippen molar-refractivity contribution in [1.82, 2.24) is 9.88 Å². The number of piperidine rings is 1. The molecule has 0 bridgehead atoms. The summed E-state index contributed by atoms with van der Waals surface area (Å²) in [5, 5.41) is 9.11. The summed E-state index contributed by atoms with van der Waals surface area (Å²) in [7, 11) is 0. The van der Waals surface area contributed by atoms with Gasteiger partial charge in [0.15, 0.2) is 0 Å². The second kappa shape index (κ2) is 7.84. The number of halogens is 2. The van der Waals surface area contributed by atoms with E-state index < -0.39 is 17.5 Å². The molecule has 0 saturated carbocycles. The predicted molar refractivity (Wildman–Crippen MR) is 98.3 cm³/mol. The van der Waals surface area contributed by atoms with Gasteiger partial charge in [0.2, 0.25) is 5.95 Å². The molecule has 1 fully saturated rings. The van der Waals surface area contributed by atoms with Gasteiger partial charge in [-0.3, -0.25) is 4.90 Å². The molecule has 0 aromatic carbocycles. The van der Waals surface area contributed by atoms with Crippen molar-refractivity contribution >= 4 is 5.57 Å². The molecule has 0 N–H and O–H groups in total. The quantitative estimate of drug-likeness (QED) is 0.703. The fourth-order valence-electron chi connectivity index (χ4n) is 4.27. The number of nitriles is 1. The van der Waals surface area contributed by atoms with Gasteiger partial charge in [0.1, 0.15) is 6.17 Å². The average molecular weight is 359 g/mol. The lowest BCUT2D eigenvalue weighted by atomic mass is 9.67. The standard InChI is InChI=1S/C21H27F2N3/c1-15(2)21(9-11-24)10-12-26(14-19(21)22)13-17-7-8-18(25-20(17)23)16-5-3-4-6-16/h5,7-8,15,19H,3-4,6,9-10,12-14H2,1-2H3. The van der Waals surface area contributed by atoms with Gasteiger partial charge in [0.25, 0.3) is 0 Å². The van der Waals surface area contributed by atoms with Gasteiger partial charge in [0.05, 0.1) is 11.8 Å². The Hall–Kier alpha value is -1.80. The van der Waals surface area contributed by atoms with Crippen molar-refractivity contribution < 1.29 is 8.78 Å². The van der Waals surface area contributed by atoms with E-state index >= 15 is 0 Å². The van der Waals surface area contributed by atoms with Gasteiger partial charge in [0, 0.05) is 30.5 Å². The third-order valence-electron chi connectivity index (χ3n) is 6.18. The number of rotatable bonds is 5. The zero-order chi connectivity index (χ0) is 18.7. The van der Waals surface area contributed by atoms with Crippen LogP contribution in [-0.2, 0) is 6.54 Å². The number of likely N-dealkylation sites (tertiary alicyclic amines) is 1. The molecule has 0 radical (unpaired) electrons. The number of nitrogens with zero attached hydrogens (tertiary/aromatic N) is 3. The number of hydrogen-bond acceptors (Lipinski definition) is 3. The summed E-state index contributed by atoms with van der Waals surface area (Å²) in [6.45, 7) is 5.25. The van der Waals surface area contributed by atoms with Crippen LogP contribution in [0, 0.1) is 28.6 Å². The molecular formula is C21H27F2N3. The van der Waals surface area contributed by atoms with Gasteiger partial charge in [-0.2, -0.15) is 9.65 Å². The minimum atomic E-state index is -1.07. The van der Waals surface area contributed by atoms with Crippen LogP contribution in [0.1, 0.15) is 57.2 Å². The van der Waals surface area contributed by atoms with E-state index in [9.17, 15) is 8.78 Å². The fraction of sp³-hybridized carbons (Fsp3) is 0.619. The highest BCUT2D eigenvalue weighted by Gasteiger charge is 2.45. The Labute approximate surface area is 154 Å². The Morgan fingerprint density at radius 1 is 1.42 bits per heavy atom. The first-order chi connectivity index (χ1) is 12.5. The van der Waals surface area contributed by atoms with E-state index in [-0.39, 0.29) is 18.9 Å². The van der Waals surface area contributed by atoms with Crippen LogP contribution in [0.5, 0.6) is 0 Å². The summed E-state index contributed by atoms with van der Waals surface area (Å²) in [5.41, 5.74) is 1.77. The Kier molecular flexibility index (Phi) is 5.72. The summed E-state index contributed by atoms with van der Waals surface area (Å²) >= 11 is 0. The molecule has 2 unspecified atom stereocenters. The highest BCUT2D eigenvalue weighted by Crippen LogP contribution is 2.43. The van der Waals surface area contributed by atoms with E-state index in [2.05, 4.69) is 17.1 Å². The summed E-state index contributed by atoms with van der Waals surface area (Å²) < 4.78 is 29.4. The zero-order valence-corrected chi connectivity index (χ0v) is 15.6. The van der Waals surface area contributed by atoms with E-state index in [1.165, 1.54) is 0 Å². The van der Waals surface area contributed by atoms with Crippen molar-refractivity contribution in [2.45, 2.75) is 58.7 Å². The molecule has 26 heavy (non-hydrogen) atoms. The molecule has 1 aliphatic carbocycles. The molecular weight excluding hydrogens is 332 g/mol. The monoisotopic (exact) mass is 359 g/mol. The van der Waals surface area contributed by atoms with Crippen LogP contribution in [0.15, 0.2) is 18.2 Å². The van der Waals surface area contributed by atoms with Gasteiger partial charge < -0.3 is 0 Å². The lowest BCUT2D eigenvalue weighted by Gasteiger charge is -2.46.